The van der Waals surface area contributed by atoms with E-state index in [1.54, 1.807) is 0 Å². The topological polar surface area (TPSA) is 48.4 Å². The van der Waals surface area contributed by atoms with Crippen molar-refractivity contribution in [2.45, 2.75) is 13.5 Å². The largest absolute Gasteiger partial charge is 0.485 e. The first-order valence-corrected chi connectivity index (χ1v) is 6.19. The molecule has 1 heterocycles. The Bertz CT molecular complexity index is 716. The second kappa shape index (κ2) is 4.69. The number of rotatable bonds is 3. The van der Waals surface area contributed by atoms with Crippen molar-refractivity contribution in [2.24, 2.45) is 0 Å². The van der Waals surface area contributed by atoms with E-state index in [-0.39, 0.29) is 0 Å². The number of fused-ring (bicyclic) bond motifs is 1. The standard InChI is InChI=1S/C16H15NO2/c1-11-4-2-3-5-15(11)18-10-14-8-12-6-7-13(17)9-16(12)19-14/h2-9H,10,17H2,1H3. The van der Waals surface area contributed by atoms with Gasteiger partial charge in [-0.3, -0.25) is 0 Å². The van der Waals surface area contributed by atoms with Gasteiger partial charge in [0.15, 0.2) is 0 Å². The van der Waals surface area contributed by atoms with Crippen LogP contribution in [0.15, 0.2) is 52.9 Å². The van der Waals surface area contributed by atoms with Crippen molar-refractivity contribution < 1.29 is 9.15 Å². The van der Waals surface area contributed by atoms with Gasteiger partial charge in [-0.2, -0.15) is 0 Å². The Kier molecular flexibility index (Phi) is 2.88. The van der Waals surface area contributed by atoms with Gasteiger partial charge in [0.25, 0.3) is 0 Å². The maximum absolute atomic E-state index is 5.76. The number of hydrogen-bond acceptors (Lipinski definition) is 3. The molecule has 0 amide bonds. The molecule has 3 heteroatoms. The van der Waals surface area contributed by atoms with Crippen molar-refractivity contribution in [3.63, 3.8) is 0 Å². The van der Waals surface area contributed by atoms with Crippen LogP contribution in [0.25, 0.3) is 11.0 Å². The lowest BCUT2D eigenvalue weighted by Gasteiger charge is -2.06. The lowest BCUT2D eigenvalue weighted by atomic mass is 10.2. The molecule has 3 nitrogen and oxygen atoms in total. The summed E-state index contributed by atoms with van der Waals surface area (Å²) < 4.78 is 11.5. The zero-order chi connectivity index (χ0) is 13.2. The maximum Gasteiger partial charge on any atom is 0.146 e. The van der Waals surface area contributed by atoms with Crippen molar-refractivity contribution in [2.75, 3.05) is 5.73 Å². The van der Waals surface area contributed by atoms with Crippen LogP contribution in [0.4, 0.5) is 5.69 Å². The van der Waals surface area contributed by atoms with Crippen LogP contribution in [-0.2, 0) is 6.61 Å². The number of anilines is 1. The Hall–Kier alpha value is -2.42. The second-order valence-electron chi connectivity index (χ2n) is 4.56. The van der Waals surface area contributed by atoms with E-state index >= 15 is 0 Å². The predicted molar refractivity (Wildman–Crippen MR) is 76.1 cm³/mol. The molecule has 3 rings (SSSR count). The molecule has 2 aromatic carbocycles. The van der Waals surface area contributed by atoms with E-state index in [1.807, 2.05) is 55.5 Å². The molecule has 0 saturated carbocycles. The molecule has 0 unspecified atom stereocenters. The summed E-state index contributed by atoms with van der Waals surface area (Å²) in [5.74, 6) is 1.67. The first-order valence-electron chi connectivity index (χ1n) is 6.19. The fourth-order valence-corrected chi connectivity index (χ4v) is 2.04. The molecule has 0 atom stereocenters. The van der Waals surface area contributed by atoms with Gasteiger partial charge in [-0.25, -0.2) is 0 Å². The molecule has 1 aromatic heterocycles. The van der Waals surface area contributed by atoms with Crippen LogP contribution >= 0.6 is 0 Å². The highest BCUT2D eigenvalue weighted by Gasteiger charge is 2.05. The maximum atomic E-state index is 5.76. The van der Waals surface area contributed by atoms with E-state index in [0.717, 1.165) is 28.0 Å². The van der Waals surface area contributed by atoms with Crippen LogP contribution in [0.2, 0.25) is 0 Å². The van der Waals surface area contributed by atoms with Crippen molar-refractivity contribution in [3.05, 3.63) is 59.9 Å². The van der Waals surface area contributed by atoms with Gasteiger partial charge in [0.05, 0.1) is 0 Å². The van der Waals surface area contributed by atoms with Gasteiger partial charge >= 0.3 is 0 Å². The van der Waals surface area contributed by atoms with Crippen LogP contribution in [0.1, 0.15) is 11.3 Å². The molecule has 3 aromatic rings. The van der Waals surface area contributed by atoms with Crippen LogP contribution in [0.3, 0.4) is 0 Å². The molecule has 0 bridgehead atoms. The molecule has 0 spiro atoms. The normalized spacial score (nSPS) is 10.8. The number of furan rings is 1. The zero-order valence-corrected chi connectivity index (χ0v) is 10.7. The molecule has 19 heavy (non-hydrogen) atoms. The molecule has 0 aliphatic heterocycles. The summed E-state index contributed by atoms with van der Waals surface area (Å²) in [6, 6.07) is 15.5. The summed E-state index contributed by atoms with van der Waals surface area (Å²) in [6.07, 6.45) is 0. The third-order valence-electron chi connectivity index (χ3n) is 3.06. The Morgan fingerprint density at radius 3 is 2.79 bits per heavy atom. The van der Waals surface area contributed by atoms with Gasteiger partial charge in [-0.15, -0.1) is 0 Å². The van der Waals surface area contributed by atoms with Crippen LogP contribution in [0, 0.1) is 6.92 Å². The molecule has 0 fully saturated rings. The lowest BCUT2D eigenvalue weighted by molar-refractivity contribution is 0.273. The molecule has 0 aliphatic rings. The van der Waals surface area contributed by atoms with Gasteiger partial charge in [-0.05, 0) is 36.8 Å². The number of benzene rings is 2. The average molecular weight is 253 g/mol. The third-order valence-corrected chi connectivity index (χ3v) is 3.06. The first kappa shape index (κ1) is 11.7. The summed E-state index contributed by atoms with van der Waals surface area (Å²) >= 11 is 0. The lowest BCUT2D eigenvalue weighted by Crippen LogP contribution is -1.95. The van der Waals surface area contributed by atoms with Crippen molar-refractivity contribution in [1.82, 2.24) is 0 Å². The van der Waals surface area contributed by atoms with Crippen molar-refractivity contribution in [3.8, 4) is 5.75 Å². The molecular weight excluding hydrogens is 238 g/mol. The zero-order valence-electron chi connectivity index (χ0n) is 10.7. The van der Waals surface area contributed by atoms with Gasteiger partial charge in [-0.1, -0.05) is 18.2 Å². The molecule has 0 saturated heterocycles. The van der Waals surface area contributed by atoms with Gasteiger partial charge in [0.2, 0.25) is 0 Å². The SMILES string of the molecule is Cc1ccccc1OCc1cc2ccc(N)cc2o1. The van der Waals surface area contributed by atoms with Crippen molar-refractivity contribution >= 4 is 16.7 Å². The van der Waals surface area contributed by atoms with Crippen molar-refractivity contribution in [1.29, 1.82) is 0 Å². The van der Waals surface area contributed by atoms with Crippen LogP contribution < -0.4 is 10.5 Å². The van der Waals surface area contributed by atoms with E-state index in [0.29, 0.717) is 12.3 Å². The summed E-state index contributed by atoms with van der Waals surface area (Å²) in [5, 5.41) is 1.04. The minimum atomic E-state index is 0.416. The minimum Gasteiger partial charge on any atom is -0.485 e. The Morgan fingerprint density at radius 2 is 1.95 bits per heavy atom. The smallest absolute Gasteiger partial charge is 0.146 e. The summed E-state index contributed by atoms with van der Waals surface area (Å²) in [7, 11) is 0. The summed E-state index contributed by atoms with van der Waals surface area (Å²) in [4.78, 5) is 0. The average Bonchev–Trinajstić information content (AvgIpc) is 2.79. The molecule has 2 N–H and O–H groups in total. The number of hydrogen-bond donors (Lipinski definition) is 1. The van der Waals surface area contributed by atoms with E-state index in [2.05, 4.69) is 0 Å². The predicted octanol–water partition coefficient (Wildman–Crippen LogP) is 3.90. The van der Waals surface area contributed by atoms with E-state index < -0.39 is 0 Å². The van der Waals surface area contributed by atoms with Gasteiger partial charge < -0.3 is 14.9 Å². The number of para-hydroxylation sites is 1. The summed E-state index contributed by atoms with van der Waals surface area (Å²) in [5.41, 5.74) is 8.34. The molecule has 0 radical (unpaired) electrons. The second-order valence-corrected chi connectivity index (χ2v) is 4.56. The van der Waals surface area contributed by atoms with Crippen LogP contribution in [0.5, 0.6) is 5.75 Å². The number of aryl methyl sites for hydroxylation is 1. The molecular formula is C16H15NO2. The number of nitrogen functional groups attached to an aromatic ring is 1. The highest BCUT2D eigenvalue weighted by Crippen LogP contribution is 2.23. The van der Waals surface area contributed by atoms with Crippen LogP contribution in [-0.4, -0.2) is 0 Å². The van der Waals surface area contributed by atoms with E-state index in [9.17, 15) is 0 Å². The Balaban J connectivity index is 1.80. The monoisotopic (exact) mass is 253 g/mol. The fraction of sp³-hybridized carbons (Fsp3) is 0.125. The minimum absolute atomic E-state index is 0.416. The molecule has 0 aliphatic carbocycles. The quantitative estimate of drug-likeness (QED) is 0.720. The highest BCUT2D eigenvalue weighted by atomic mass is 16.5. The number of ether oxygens (including phenoxy) is 1. The highest BCUT2D eigenvalue weighted by molar-refractivity contribution is 5.81. The summed E-state index contributed by atoms with van der Waals surface area (Å²) in [6.45, 7) is 2.44. The Morgan fingerprint density at radius 1 is 1.11 bits per heavy atom. The third kappa shape index (κ3) is 2.40. The van der Waals surface area contributed by atoms with E-state index in [1.165, 1.54) is 0 Å². The Labute approximate surface area is 111 Å². The fourth-order valence-electron chi connectivity index (χ4n) is 2.04. The number of nitrogens with two attached hydrogens (primary N) is 1. The molecule has 96 valence electrons. The van der Waals surface area contributed by atoms with Gasteiger partial charge in [0, 0.05) is 17.1 Å². The van der Waals surface area contributed by atoms with E-state index in [4.69, 9.17) is 14.9 Å². The first-order chi connectivity index (χ1) is 9.22. The van der Waals surface area contributed by atoms with Gasteiger partial charge in [0.1, 0.15) is 23.7 Å².